The van der Waals surface area contributed by atoms with Crippen LogP contribution in [0.2, 0.25) is 0 Å². The van der Waals surface area contributed by atoms with Gasteiger partial charge in [-0.2, -0.15) is 0 Å². The number of ether oxygens (including phenoxy) is 1. The molecule has 112 valence electrons. The summed E-state index contributed by atoms with van der Waals surface area (Å²) in [5.41, 5.74) is 3.52. The topological polar surface area (TPSA) is 29.5 Å². The number of benzene rings is 2. The monoisotopic (exact) mass is 293 g/mol. The maximum Gasteiger partial charge on any atom is 0.198 e. The van der Waals surface area contributed by atoms with Crippen LogP contribution in [0.15, 0.2) is 42.5 Å². The van der Waals surface area contributed by atoms with Gasteiger partial charge in [-0.25, -0.2) is 0 Å². The number of piperidine rings is 1. The Morgan fingerprint density at radius 3 is 2.41 bits per heavy atom. The smallest absolute Gasteiger partial charge is 0.198 e. The van der Waals surface area contributed by atoms with Crippen molar-refractivity contribution in [3.05, 3.63) is 53.6 Å². The van der Waals surface area contributed by atoms with Gasteiger partial charge in [-0.15, -0.1) is 0 Å². The highest BCUT2D eigenvalue weighted by molar-refractivity contribution is 6.23. The molecule has 0 unspecified atom stereocenters. The van der Waals surface area contributed by atoms with E-state index in [0.717, 1.165) is 35.3 Å². The van der Waals surface area contributed by atoms with Crippen molar-refractivity contribution >= 4 is 5.78 Å². The van der Waals surface area contributed by atoms with Crippen LogP contribution in [0.4, 0.5) is 0 Å². The Bertz CT molecular complexity index is 717. The van der Waals surface area contributed by atoms with Crippen molar-refractivity contribution in [2.24, 2.45) is 0 Å². The van der Waals surface area contributed by atoms with E-state index in [0.29, 0.717) is 12.5 Å². The van der Waals surface area contributed by atoms with Crippen molar-refractivity contribution in [2.45, 2.75) is 19.3 Å². The molecule has 0 bridgehead atoms. The van der Waals surface area contributed by atoms with E-state index in [4.69, 9.17) is 4.74 Å². The van der Waals surface area contributed by atoms with Crippen LogP contribution in [0, 0.1) is 0 Å². The summed E-state index contributed by atoms with van der Waals surface area (Å²) in [7, 11) is 0. The van der Waals surface area contributed by atoms with Crippen molar-refractivity contribution in [1.82, 2.24) is 4.90 Å². The fraction of sp³-hybridized carbons (Fsp3) is 0.316. The van der Waals surface area contributed by atoms with Crippen molar-refractivity contribution in [3.8, 4) is 16.9 Å². The Kier molecular flexibility index (Phi) is 3.43. The third kappa shape index (κ3) is 2.22. The van der Waals surface area contributed by atoms with Gasteiger partial charge in [0.25, 0.3) is 0 Å². The Morgan fingerprint density at radius 2 is 1.59 bits per heavy atom. The molecule has 2 aromatic carbocycles. The van der Waals surface area contributed by atoms with Gasteiger partial charge in [0.15, 0.2) is 5.78 Å². The molecule has 2 aliphatic rings. The molecule has 1 saturated heterocycles. The zero-order valence-corrected chi connectivity index (χ0v) is 12.5. The molecule has 0 aromatic heterocycles. The summed E-state index contributed by atoms with van der Waals surface area (Å²) in [6.07, 6.45) is 3.78. The number of fused-ring (bicyclic) bond motifs is 3. The lowest BCUT2D eigenvalue weighted by Crippen LogP contribution is -2.33. The van der Waals surface area contributed by atoms with Crippen molar-refractivity contribution in [1.29, 1.82) is 0 Å². The fourth-order valence-electron chi connectivity index (χ4n) is 3.41. The molecule has 3 nitrogen and oxygen atoms in total. The molecule has 0 N–H and O–H groups in total. The van der Waals surface area contributed by atoms with E-state index in [9.17, 15) is 4.79 Å². The van der Waals surface area contributed by atoms with E-state index in [1.54, 1.807) is 0 Å². The molecule has 0 amide bonds. The van der Waals surface area contributed by atoms with E-state index >= 15 is 0 Å². The average molecular weight is 293 g/mol. The van der Waals surface area contributed by atoms with Crippen LogP contribution in [-0.4, -0.2) is 30.5 Å². The lowest BCUT2D eigenvalue weighted by Gasteiger charge is -2.26. The summed E-state index contributed by atoms with van der Waals surface area (Å²) in [6, 6.07) is 13.7. The summed E-state index contributed by atoms with van der Waals surface area (Å²) in [6.45, 7) is 2.74. The van der Waals surface area contributed by atoms with Gasteiger partial charge in [-0.05, 0) is 30.0 Å². The quantitative estimate of drug-likeness (QED) is 0.737. The number of rotatable bonds is 3. The summed E-state index contributed by atoms with van der Waals surface area (Å²) in [5.74, 6) is 0.795. The van der Waals surface area contributed by atoms with E-state index in [-0.39, 0.29) is 5.78 Å². The van der Waals surface area contributed by atoms with E-state index in [1.165, 1.54) is 19.3 Å². The van der Waals surface area contributed by atoms with Crippen LogP contribution >= 0.6 is 0 Å². The Hall–Kier alpha value is -2.13. The largest absolute Gasteiger partial charge is 0.477 e. The Morgan fingerprint density at radius 1 is 0.864 bits per heavy atom. The SMILES string of the molecule is O=C1c2ccccc2-c2cccc(OCN3CCCCC3)c21. The van der Waals surface area contributed by atoms with Gasteiger partial charge in [-0.3, -0.25) is 9.69 Å². The first kappa shape index (κ1) is 13.5. The second-order valence-electron chi connectivity index (χ2n) is 6.01. The van der Waals surface area contributed by atoms with Crippen LogP contribution < -0.4 is 4.74 Å². The maximum atomic E-state index is 12.7. The molecular formula is C19H19NO2. The zero-order chi connectivity index (χ0) is 14.9. The fourth-order valence-corrected chi connectivity index (χ4v) is 3.41. The number of carbonyl (C=O) groups is 1. The molecule has 4 rings (SSSR count). The molecule has 0 radical (unpaired) electrons. The van der Waals surface area contributed by atoms with Gasteiger partial charge in [0.05, 0.1) is 5.56 Å². The number of ketones is 1. The van der Waals surface area contributed by atoms with E-state index < -0.39 is 0 Å². The number of nitrogens with zero attached hydrogens (tertiary/aromatic N) is 1. The lowest BCUT2D eigenvalue weighted by atomic mass is 10.1. The molecule has 3 heteroatoms. The Labute approximate surface area is 130 Å². The van der Waals surface area contributed by atoms with E-state index in [1.807, 2.05) is 42.5 Å². The predicted octanol–water partition coefficient (Wildman–Crippen LogP) is 3.72. The molecule has 22 heavy (non-hydrogen) atoms. The molecule has 0 spiro atoms. The first-order valence-corrected chi connectivity index (χ1v) is 7.97. The normalized spacial score (nSPS) is 17.2. The second-order valence-corrected chi connectivity index (χ2v) is 6.01. The molecule has 1 heterocycles. The number of carbonyl (C=O) groups excluding carboxylic acids is 1. The minimum absolute atomic E-state index is 0.0832. The first-order valence-electron chi connectivity index (χ1n) is 7.97. The molecule has 2 aromatic rings. The third-order valence-electron chi connectivity index (χ3n) is 4.57. The standard InChI is InChI=1S/C19H19NO2/c21-19-16-8-3-2-7-14(16)15-9-6-10-17(18(15)19)22-13-20-11-4-1-5-12-20/h2-3,6-10H,1,4-5,11-13H2. The van der Waals surface area contributed by atoms with Gasteiger partial charge in [0, 0.05) is 18.7 Å². The lowest BCUT2D eigenvalue weighted by molar-refractivity contribution is 0.0987. The average Bonchev–Trinajstić information content (AvgIpc) is 2.88. The molecule has 0 atom stereocenters. The molecule has 1 aliphatic heterocycles. The highest BCUT2D eigenvalue weighted by atomic mass is 16.5. The third-order valence-corrected chi connectivity index (χ3v) is 4.57. The van der Waals surface area contributed by atoms with Gasteiger partial charge in [-0.1, -0.05) is 42.8 Å². The predicted molar refractivity (Wildman–Crippen MR) is 86.2 cm³/mol. The van der Waals surface area contributed by atoms with Crippen LogP contribution in [-0.2, 0) is 0 Å². The Balaban J connectivity index is 1.62. The highest BCUT2D eigenvalue weighted by Crippen LogP contribution is 2.40. The summed E-state index contributed by atoms with van der Waals surface area (Å²) < 4.78 is 6.00. The van der Waals surface area contributed by atoms with Crippen LogP contribution in [0.25, 0.3) is 11.1 Å². The summed E-state index contributed by atoms with van der Waals surface area (Å²) in [4.78, 5) is 15.0. The highest BCUT2D eigenvalue weighted by Gasteiger charge is 2.29. The molecule has 0 saturated carbocycles. The number of hydrogen-bond donors (Lipinski definition) is 0. The van der Waals surface area contributed by atoms with Gasteiger partial charge < -0.3 is 4.74 Å². The summed E-state index contributed by atoms with van der Waals surface area (Å²) in [5, 5.41) is 0. The van der Waals surface area contributed by atoms with Gasteiger partial charge >= 0.3 is 0 Å². The van der Waals surface area contributed by atoms with Crippen LogP contribution in [0.5, 0.6) is 5.75 Å². The maximum absolute atomic E-state index is 12.7. The molecule has 1 aliphatic carbocycles. The number of hydrogen-bond acceptors (Lipinski definition) is 3. The van der Waals surface area contributed by atoms with E-state index in [2.05, 4.69) is 4.90 Å². The van der Waals surface area contributed by atoms with Gasteiger partial charge in [0.1, 0.15) is 12.5 Å². The summed E-state index contributed by atoms with van der Waals surface area (Å²) >= 11 is 0. The van der Waals surface area contributed by atoms with Crippen molar-refractivity contribution in [2.75, 3.05) is 19.8 Å². The first-order chi connectivity index (χ1) is 10.8. The molecular weight excluding hydrogens is 274 g/mol. The number of likely N-dealkylation sites (tertiary alicyclic amines) is 1. The van der Waals surface area contributed by atoms with Gasteiger partial charge in [0.2, 0.25) is 0 Å². The van der Waals surface area contributed by atoms with Crippen LogP contribution in [0.1, 0.15) is 35.2 Å². The van der Waals surface area contributed by atoms with Crippen molar-refractivity contribution in [3.63, 3.8) is 0 Å². The minimum atomic E-state index is 0.0832. The second kappa shape index (κ2) is 5.58. The zero-order valence-electron chi connectivity index (χ0n) is 12.5. The van der Waals surface area contributed by atoms with Crippen LogP contribution in [0.3, 0.4) is 0 Å². The molecule has 1 fully saturated rings. The van der Waals surface area contributed by atoms with Crippen molar-refractivity contribution < 1.29 is 9.53 Å². The minimum Gasteiger partial charge on any atom is -0.477 e.